The van der Waals surface area contributed by atoms with Crippen LogP contribution in [0, 0.1) is 0 Å². The third kappa shape index (κ3) is 5.04. The average Bonchev–Trinajstić information content (AvgIpc) is 2.50. The van der Waals surface area contributed by atoms with Gasteiger partial charge in [-0.15, -0.1) is 30.6 Å². The van der Waals surface area contributed by atoms with Crippen LogP contribution in [0.4, 0.5) is 0 Å². The lowest BCUT2D eigenvalue weighted by Crippen LogP contribution is -2.37. The van der Waals surface area contributed by atoms with Gasteiger partial charge in [-0.25, -0.2) is 4.99 Å². The van der Waals surface area contributed by atoms with Gasteiger partial charge in [-0.05, 0) is 23.3 Å². The van der Waals surface area contributed by atoms with Crippen molar-refractivity contribution in [3.05, 3.63) is 60.7 Å². The second kappa shape index (κ2) is 9.39. The summed E-state index contributed by atoms with van der Waals surface area (Å²) in [6.07, 6.45) is 1.82. The van der Waals surface area contributed by atoms with Crippen molar-refractivity contribution >= 4 is 40.7 Å². The molecule has 2 N–H and O–H groups in total. The van der Waals surface area contributed by atoms with E-state index in [2.05, 4.69) is 71.6 Å². The predicted octanol–water partition coefficient (Wildman–Crippen LogP) is 3.70. The Kier molecular flexibility index (Phi) is 7.82. The summed E-state index contributed by atoms with van der Waals surface area (Å²) in [6.45, 7) is 7.98. The fourth-order valence-electron chi connectivity index (χ4n) is 2.11. The highest BCUT2D eigenvalue weighted by atomic mass is 127. The molecule has 3 nitrogen and oxygen atoms in total. The molecular formula is C17H22IN3. The largest absolute Gasteiger partial charge is 0.357 e. The summed E-state index contributed by atoms with van der Waals surface area (Å²) >= 11 is 0. The lowest BCUT2D eigenvalue weighted by Gasteiger charge is -2.10. The van der Waals surface area contributed by atoms with Crippen LogP contribution in [0.3, 0.4) is 0 Å². The highest BCUT2D eigenvalue weighted by Gasteiger charge is 2.00. The lowest BCUT2D eigenvalue weighted by atomic mass is 10.1. The summed E-state index contributed by atoms with van der Waals surface area (Å²) < 4.78 is 0. The van der Waals surface area contributed by atoms with E-state index in [1.807, 2.05) is 6.08 Å². The standard InChI is InChI=1S/C17H21N3.HI/c1-3-12-19-17(18-4-2)20-13-15-10-7-9-14-8-5-6-11-16(14)15;/h3,5-11H,1,4,12-13H2,2H3,(H2,18,19,20);1H. The van der Waals surface area contributed by atoms with Crippen LogP contribution in [-0.4, -0.2) is 19.0 Å². The van der Waals surface area contributed by atoms with E-state index in [0.29, 0.717) is 13.1 Å². The van der Waals surface area contributed by atoms with Crippen molar-refractivity contribution in [1.29, 1.82) is 0 Å². The summed E-state index contributed by atoms with van der Waals surface area (Å²) in [6, 6.07) is 14.7. The first-order valence-electron chi connectivity index (χ1n) is 6.95. The molecule has 0 heterocycles. The predicted molar refractivity (Wildman–Crippen MR) is 102 cm³/mol. The van der Waals surface area contributed by atoms with Gasteiger partial charge in [0.15, 0.2) is 5.96 Å². The molecule has 2 aromatic carbocycles. The minimum Gasteiger partial charge on any atom is -0.357 e. The third-order valence-corrected chi connectivity index (χ3v) is 3.05. The Morgan fingerprint density at radius 3 is 2.67 bits per heavy atom. The molecule has 0 amide bonds. The summed E-state index contributed by atoms with van der Waals surface area (Å²) in [5.41, 5.74) is 1.24. The molecule has 0 saturated carbocycles. The second-order valence-corrected chi connectivity index (χ2v) is 4.50. The fourth-order valence-corrected chi connectivity index (χ4v) is 2.11. The van der Waals surface area contributed by atoms with Gasteiger partial charge in [0, 0.05) is 13.1 Å². The maximum Gasteiger partial charge on any atom is 0.191 e. The summed E-state index contributed by atoms with van der Waals surface area (Å²) in [4.78, 5) is 4.62. The Morgan fingerprint density at radius 2 is 1.90 bits per heavy atom. The Bertz CT molecular complexity index is 603. The van der Waals surface area contributed by atoms with E-state index in [0.717, 1.165) is 12.5 Å². The molecule has 21 heavy (non-hydrogen) atoms. The Labute approximate surface area is 143 Å². The molecule has 0 aliphatic carbocycles. The first-order valence-corrected chi connectivity index (χ1v) is 6.95. The van der Waals surface area contributed by atoms with Crippen molar-refractivity contribution < 1.29 is 0 Å². The molecule has 0 radical (unpaired) electrons. The molecule has 0 spiro atoms. The number of hydrogen-bond acceptors (Lipinski definition) is 1. The Morgan fingerprint density at radius 1 is 1.14 bits per heavy atom. The molecule has 0 bridgehead atoms. The molecule has 0 fully saturated rings. The molecule has 0 aliphatic rings. The van der Waals surface area contributed by atoms with Gasteiger partial charge in [0.25, 0.3) is 0 Å². The number of rotatable bonds is 5. The maximum atomic E-state index is 4.62. The number of benzene rings is 2. The molecule has 2 aromatic rings. The zero-order chi connectivity index (χ0) is 14.2. The fraction of sp³-hybridized carbons (Fsp3) is 0.235. The van der Waals surface area contributed by atoms with Crippen molar-refractivity contribution in [2.75, 3.05) is 13.1 Å². The molecule has 0 aliphatic heterocycles. The minimum absolute atomic E-state index is 0. The van der Waals surface area contributed by atoms with Crippen molar-refractivity contribution in [3.8, 4) is 0 Å². The minimum atomic E-state index is 0. The summed E-state index contributed by atoms with van der Waals surface area (Å²) in [5, 5.41) is 8.95. The molecule has 0 atom stereocenters. The third-order valence-electron chi connectivity index (χ3n) is 3.05. The number of halogens is 1. The van der Waals surface area contributed by atoms with E-state index in [1.54, 1.807) is 0 Å². The van der Waals surface area contributed by atoms with Crippen molar-refractivity contribution in [3.63, 3.8) is 0 Å². The smallest absolute Gasteiger partial charge is 0.191 e. The molecule has 0 unspecified atom stereocenters. The highest BCUT2D eigenvalue weighted by molar-refractivity contribution is 14.0. The van der Waals surface area contributed by atoms with Crippen LogP contribution in [0.1, 0.15) is 12.5 Å². The number of hydrogen-bond donors (Lipinski definition) is 2. The van der Waals surface area contributed by atoms with Crippen molar-refractivity contribution in [1.82, 2.24) is 10.6 Å². The zero-order valence-electron chi connectivity index (χ0n) is 12.3. The van der Waals surface area contributed by atoms with Gasteiger partial charge in [-0.2, -0.15) is 0 Å². The monoisotopic (exact) mass is 395 g/mol. The Hall–Kier alpha value is -1.56. The van der Waals surface area contributed by atoms with Crippen molar-refractivity contribution in [2.24, 2.45) is 4.99 Å². The van der Waals surface area contributed by atoms with Crippen LogP contribution in [0.2, 0.25) is 0 Å². The quantitative estimate of drug-likeness (QED) is 0.351. The second-order valence-electron chi connectivity index (χ2n) is 4.50. The van der Waals surface area contributed by atoms with Crippen LogP contribution in [0.25, 0.3) is 10.8 Å². The van der Waals surface area contributed by atoms with E-state index in [1.165, 1.54) is 16.3 Å². The normalized spacial score (nSPS) is 10.8. The van der Waals surface area contributed by atoms with Gasteiger partial charge in [0.1, 0.15) is 0 Å². The number of nitrogens with zero attached hydrogens (tertiary/aromatic N) is 1. The first kappa shape index (κ1) is 17.5. The first-order chi connectivity index (χ1) is 9.85. The van der Waals surface area contributed by atoms with E-state index < -0.39 is 0 Å². The SMILES string of the molecule is C=CCNC(=NCc1cccc2ccccc12)NCC.I. The van der Waals surface area contributed by atoms with Gasteiger partial charge < -0.3 is 10.6 Å². The van der Waals surface area contributed by atoms with Gasteiger partial charge in [0.05, 0.1) is 6.54 Å². The average molecular weight is 395 g/mol. The van der Waals surface area contributed by atoms with Crippen LogP contribution >= 0.6 is 24.0 Å². The number of guanidine groups is 1. The van der Waals surface area contributed by atoms with Crippen LogP contribution in [-0.2, 0) is 6.54 Å². The molecular weight excluding hydrogens is 373 g/mol. The van der Waals surface area contributed by atoms with Crippen LogP contribution in [0.5, 0.6) is 0 Å². The Balaban J connectivity index is 0.00000220. The van der Waals surface area contributed by atoms with Crippen LogP contribution < -0.4 is 10.6 Å². The van der Waals surface area contributed by atoms with Gasteiger partial charge >= 0.3 is 0 Å². The van der Waals surface area contributed by atoms with Gasteiger partial charge in [-0.1, -0.05) is 48.5 Å². The molecule has 4 heteroatoms. The van der Waals surface area contributed by atoms with Crippen molar-refractivity contribution in [2.45, 2.75) is 13.5 Å². The van der Waals surface area contributed by atoms with Gasteiger partial charge in [0.2, 0.25) is 0 Å². The van der Waals surface area contributed by atoms with Gasteiger partial charge in [-0.3, -0.25) is 0 Å². The highest BCUT2D eigenvalue weighted by Crippen LogP contribution is 2.18. The maximum absolute atomic E-state index is 4.62. The topological polar surface area (TPSA) is 36.4 Å². The molecule has 0 saturated heterocycles. The van der Waals surface area contributed by atoms with Crippen LogP contribution in [0.15, 0.2) is 60.1 Å². The molecule has 2 rings (SSSR count). The number of fused-ring (bicyclic) bond motifs is 1. The van der Waals surface area contributed by atoms with E-state index in [-0.39, 0.29) is 24.0 Å². The number of nitrogens with one attached hydrogen (secondary N) is 2. The summed E-state index contributed by atoms with van der Waals surface area (Å²) in [7, 11) is 0. The van der Waals surface area contributed by atoms with E-state index in [9.17, 15) is 0 Å². The number of aliphatic imine (C=N–C) groups is 1. The lowest BCUT2D eigenvalue weighted by molar-refractivity contribution is 0.861. The molecule has 112 valence electrons. The van der Waals surface area contributed by atoms with E-state index >= 15 is 0 Å². The summed E-state index contributed by atoms with van der Waals surface area (Å²) in [5.74, 6) is 0.820. The van der Waals surface area contributed by atoms with E-state index in [4.69, 9.17) is 0 Å². The molecule has 0 aromatic heterocycles. The zero-order valence-corrected chi connectivity index (χ0v) is 14.6.